The zero-order valence-corrected chi connectivity index (χ0v) is 12.3. The average Bonchev–Trinajstić information content (AvgIpc) is 3.10. The third-order valence-electron chi connectivity index (χ3n) is 4.37. The number of hydrogen-bond acceptors (Lipinski definition) is 1. The molecule has 0 aromatic rings. The summed E-state index contributed by atoms with van der Waals surface area (Å²) in [5.41, 5.74) is 0.154. The van der Waals surface area contributed by atoms with Crippen LogP contribution in [0.2, 0.25) is 0 Å². The highest BCUT2D eigenvalue weighted by Gasteiger charge is 2.36. The highest BCUT2D eigenvalue weighted by Crippen LogP contribution is 2.40. The smallest absolute Gasteiger partial charge is 0.0781 e. The molecule has 0 radical (unpaired) electrons. The Morgan fingerprint density at radius 2 is 2.12 bits per heavy atom. The van der Waals surface area contributed by atoms with Crippen LogP contribution in [-0.4, -0.2) is 17.5 Å². The number of hydrogen-bond donors (Lipinski definition) is 0. The lowest BCUT2D eigenvalue weighted by molar-refractivity contribution is -0.0765. The van der Waals surface area contributed by atoms with Crippen LogP contribution in [0.5, 0.6) is 0 Å². The summed E-state index contributed by atoms with van der Waals surface area (Å²) in [5, 5.41) is 1.02. The molecule has 0 aromatic carbocycles. The van der Waals surface area contributed by atoms with E-state index in [4.69, 9.17) is 4.74 Å². The van der Waals surface area contributed by atoms with Gasteiger partial charge in [0.2, 0.25) is 0 Å². The average molecular weight is 289 g/mol. The molecule has 2 saturated carbocycles. The summed E-state index contributed by atoms with van der Waals surface area (Å²) in [6.45, 7) is 5.69. The van der Waals surface area contributed by atoms with Gasteiger partial charge in [-0.2, -0.15) is 0 Å². The quantitative estimate of drug-likeness (QED) is 0.682. The van der Waals surface area contributed by atoms with Gasteiger partial charge in [0.05, 0.1) is 12.2 Å². The Morgan fingerprint density at radius 3 is 2.69 bits per heavy atom. The zero-order chi connectivity index (χ0) is 11.6. The fraction of sp³-hybridized carbons (Fsp3) is 1.00. The summed E-state index contributed by atoms with van der Waals surface area (Å²) in [4.78, 5) is 0. The molecule has 0 aliphatic heterocycles. The van der Waals surface area contributed by atoms with Gasteiger partial charge in [0, 0.05) is 5.33 Å². The molecule has 2 aliphatic carbocycles. The second kappa shape index (κ2) is 5.39. The Labute approximate surface area is 108 Å². The summed E-state index contributed by atoms with van der Waals surface area (Å²) in [7, 11) is 0. The van der Waals surface area contributed by atoms with E-state index in [1.54, 1.807) is 0 Å². The molecular weight excluding hydrogens is 264 g/mol. The van der Waals surface area contributed by atoms with Gasteiger partial charge >= 0.3 is 0 Å². The first kappa shape index (κ1) is 12.9. The third-order valence-corrected chi connectivity index (χ3v) is 5.39. The minimum Gasteiger partial charge on any atom is -0.374 e. The molecule has 0 N–H and O–H groups in total. The second-order valence-electron chi connectivity index (χ2n) is 6.14. The Balaban J connectivity index is 1.82. The first-order chi connectivity index (χ1) is 7.65. The van der Waals surface area contributed by atoms with E-state index in [0.29, 0.717) is 0 Å². The van der Waals surface area contributed by atoms with Gasteiger partial charge in [0.1, 0.15) is 0 Å². The van der Waals surface area contributed by atoms with Crippen molar-refractivity contribution < 1.29 is 4.74 Å². The SMILES string of the molecule is CC1CCCC(CBr)(OCC(C)C2CC2)C1. The molecule has 94 valence electrons. The van der Waals surface area contributed by atoms with Gasteiger partial charge in [0.25, 0.3) is 0 Å². The summed E-state index contributed by atoms with van der Waals surface area (Å²) in [6.07, 6.45) is 8.08. The van der Waals surface area contributed by atoms with Crippen LogP contribution in [0, 0.1) is 17.8 Å². The van der Waals surface area contributed by atoms with E-state index in [9.17, 15) is 0 Å². The lowest BCUT2D eigenvalue weighted by atomic mass is 9.80. The predicted octanol–water partition coefficient (Wildman–Crippen LogP) is 4.39. The Bertz CT molecular complexity index is 227. The van der Waals surface area contributed by atoms with E-state index in [-0.39, 0.29) is 5.60 Å². The van der Waals surface area contributed by atoms with E-state index < -0.39 is 0 Å². The van der Waals surface area contributed by atoms with Gasteiger partial charge in [-0.05, 0) is 43.4 Å². The predicted molar refractivity (Wildman–Crippen MR) is 72.0 cm³/mol. The van der Waals surface area contributed by atoms with Crippen molar-refractivity contribution in [3.63, 3.8) is 0 Å². The van der Waals surface area contributed by atoms with E-state index in [2.05, 4.69) is 29.8 Å². The molecule has 0 amide bonds. The van der Waals surface area contributed by atoms with Gasteiger partial charge in [-0.1, -0.05) is 42.6 Å². The second-order valence-corrected chi connectivity index (χ2v) is 6.70. The maximum Gasteiger partial charge on any atom is 0.0781 e. The zero-order valence-electron chi connectivity index (χ0n) is 10.7. The topological polar surface area (TPSA) is 9.23 Å². The summed E-state index contributed by atoms with van der Waals surface area (Å²) in [6, 6.07) is 0. The minimum atomic E-state index is 0.154. The Hall–Kier alpha value is 0.440. The molecule has 2 rings (SSSR count). The van der Waals surface area contributed by atoms with E-state index >= 15 is 0 Å². The highest BCUT2D eigenvalue weighted by molar-refractivity contribution is 9.09. The summed E-state index contributed by atoms with van der Waals surface area (Å²) >= 11 is 3.67. The van der Waals surface area contributed by atoms with Crippen molar-refractivity contribution in [3.8, 4) is 0 Å². The molecule has 0 bridgehead atoms. The van der Waals surface area contributed by atoms with Crippen LogP contribution in [0.25, 0.3) is 0 Å². The van der Waals surface area contributed by atoms with Crippen molar-refractivity contribution in [3.05, 3.63) is 0 Å². The van der Waals surface area contributed by atoms with Crippen molar-refractivity contribution in [2.75, 3.05) is 11.9 Å². The lowest BCUT2D eigenvalue weighted by Gasteiger charge is -2.39. The van der Waals surface area contributed by atoms with Crippen LogP contribution >= 0.6 is 15.9 Å². The number of ether oxygens (including phenoxy) is 1. The molecule has 3 unspecified atom stereocenters. The van der Waals surface area contributed by atoms with Gasteiger partial charge in [-0.3, -0.25) is 0 Å². The standard InChI is InChI=1S/C14H25BrO/c1-11-4-3-7-14(8-11,10-15)16-9-12(2)13-5-6-13/h11-13H,3-10H2,1-2H3. The fourth-order valence-electron chi connectivity index (χ4n) is 3.01. The van der Waals surface area contributed by atoms with E-state index in [1.165, 1.54) is 38.5 Å². The molecule has 0 saturated heterocycles. The van der Waals surface area contributed by atoms with Crippen molar-refractivity contribution in [1.29, 1.82) is 0 Å². The van der Waals surface area contributed by atoms with Gasteiger partial charge in [-0.25, -0.2) is 0 Å². The first-order valence-electron chi connectivity index (χ1n) is 6.85. The Kier molecular flexibility index (Phi) is 4.34. The van der Waals surface area contributed by atoms with E-state index in [1.807, 2.05) is 0 Å². The first-order valence-corrected chi connectivity index (χ1v) is 7.97. The van der Waals surface area contributed by atoms with E-state index in [0.717, 1.165) is 29.7 Å². The molecule has 0 heterocycles. The number of halogens is 1. The van der Waals surface area contributed by atoms with Crippen molar-refractivity contribution in [1.82, 2.24) is 0 Å². The van der Waals surface area contributed by atoms with Crippen molar-refractivity contribution in [2.45, 2.75) is 58.0 Å². The maximum absolute atomic E-state index is 6.31. The van der Waals surface area contributed by atoms with Crippen LogP contribution in [0.4, 0.5) is 0 Å². The van der Waals surface area contributed by atoms with Gasteiger partial charge in [-0.15, -0.1) is 0 Å². The molecule has 2 heteroatoms. The summed E-state index contributed by atoms with van der Waals surface area (Å²) < 4.78 is 6.31. The normalized spacial score (nSPS) is 37.3. The van der Waals surface area contributed by atoms with Crippen molar-refractivity contribution in [2.24, 2.45) is 17.8 Å². The fourth-order valence-corrected chi connectivity index (χ4v) is 3.68. The van der Waals surface area contributed by atoms with Crippen LogP contribution < -0.4 is 0 Å². The maximum atomic E-state index is 6.31. The number of alkyl halides is 1. The van der Waals surface area contributed by atoms with Crippen LogP contribution in [0.15, 0.2) is 0 Å². The third kappa shape index (κ3) is 3.22. The van der Waals surface area contributed by atoms with Gasteiger partial charge in [0.15, 0.2) is 0 Å². The van der Waals surface area contributed by atoms with Crippen LogP contribution in [0.3, 0.4) is 0 Å². The molecule has 3 atom stereocenters. The molecule has 0 aromatic heterocycles. The lowest BCUT2D eigenvalue weighted by Crippen LogP contribution is -2.40. The van der Waals surface area contributed by atoms with Crippen molar-refractivity contribution >= 4 is 15.9 Å². The molecule has 2 aliphatic rings. The van der Waals surface area contributed by atoms with Gasteiger partial charge < -0.3 is 4.74 Å². The molecule has 1 nitrogen and oxygen atoms in total. The molecular formula is C14H25BrO. The van der Waals surface area contributed by atoms with Crippen LogP contribution in [-0.2, 0) is 4.74 Å². The highest BCUT2D eigenvalue weighted by atomic mass is 79.9. The molecule has 16 heavy (non-hydrogen) atoms. The monoisotopic (exact) mass is 288 g/mol. The molecule has 2 fully saturated rings. The number of rotatable bonds is 5. The largest absolute Gasteiger partial charge is 0.374 e. The van der Waals surface area contributed by atoms with Crippen LogP contribution in [0.1, 0.15) is 52.4 Å². The minimum absolute atomic E-state index is 0.154. The molecule has 0 spiro atoms. The Morgan fingerprint density at radius 1 is 1.38 bits per heavy atom. The summed E-state index contributed by atoms with van der Waals surface area (Å²) in [5.74, 6) is 2.57.